The number of nitrogens with two attached hydrogens (primary N) is 1. The lowest BCUT2D eigenvalue weighted by atomic mass is 10.2. The maximum absolute atomic E-state index is 13.0. The summed E-state index contributed by atoms with van der Waals surface area (Å²) in [5.41, 5.74) is 2.91. The fourth-order valence-electron chi connectivity index (χ4n) is 0.971. The molecule has 0 aliphatic rings. The van der Waals surface area contributed by atoms with Crippen molar-refractivity contribution in [3.63, 3.8) is 0 Å². The summed E-state index contributed by atoms with van der Waals surface area (Å²) in [6.07, 6.45) is 0. The Morgan fingerprint density at radius 3 is 1.61 bits per heavy atom. The van der Waals surface area contributed by atoms with Gasteiger partial charge >= 0.3 is 12.1 Å². The Morgan fingerprint density at radius 1 is 0.833 bits per heavy atom. The largest absolute Gasteiger partial charge is 0.351 e. The number of halogens is 5. The van der Waals surface area contributed by atoms with Gasteiger partial charge in [0.25, 0.3) is 0 Å². The second-order valence-corrected chi connectivity index (χ2v) is 2.89. The quantitative estimate of drug-likeness (QED) is 0.411. The Bertz CT molecular complexity index is 505. The number of benzene rings is 1. The van der Waals surface area contributed by atoms with Gasteiger partial charge in [0, 0.05) is 0 Å². The number of amides is 4. The Morgan fingerprint density at radius 2 is 1.22 bits per heavy atom. The van der Waals surface area contributed by atoms with Gasteiger partial charge in [0.1, 0.15) is 5.69 Å². The maximum atomic E-state index is 13.0. The molecule has 5 nitrogen and oxygen atoms in total. The van der Waals surface area contributed by atoms with E-state index in [0.29, 0.717) is 0 Å². The van der Waals surface area contributed by atoms with E-state index in [2.05, 4.69) is 5.73 Å². The SMILES string of the molecule is NC(=O)NC(=O)Nc1c(F)c(F)c(F)c(F)c1F. The van der Waals surface area contributed by atoms with E-state index >= 15 is 0 Å². The Balaban J connectivity index is 3.18. The van der Waals surface area contributed by atoms with Gasteiger partial charge < -0.3 is 11.1 Å². The fraction of sp³-hybridized carbons (Fsp3) is 0. The Labute approximate surface area is 95.8 Å². The van der Waals surface area contributed by atoms with Gasteiger partial charge in [-0.25, -0.2) is 31.5 Å². The molecule has 0 spiro atoms. The lowest BCUT2D eigenvalue weighted by Gasteiger charge is -2.09. The van der Waals surface area contributed by atoms with Gasteiger partial charge in [0.05, 0.1) is 0 Å². The number of imide groups is 1. The maximum Gasteiger partial charge on any atom is 0.327 e. The molecule has 0 heterocycles. The first kappa shape index (κ1) is 13.7. The molecule has 0 aromatic heterocycles. The van der Waals surface area contributed by atoms with Crippen LogP contribution in [0.1, 0.15) is 0 Å². The Kier molecular flexibility index (Phi) is 3.69. The van der Waals surface area contributed by atoms with Gasteiger partial charge in [0.15, 0.2) is 23.3 Å². The molecule has 0 saturated carbocycles. The van der Waals surface area contributed by atoms with E-state index in [4.69, 9.17) is 0 Å². The molecule has 0 fully saturated rings. The van der Waals surface area contributed by atoms with Crippen LogP contribution in [0, 0.1) is 29.1 Å². The van der Waals surface area contributed by atoms with E-state index in [9.17, 15) is 31.5 Å². The second kappa shape index (κ2) is 4.85. The van der Waals surface area contributed by atoms with Crippen molar-refractivity contribution in [3.05, 3.63) is 29.1 Å². The molecule has 4 N–H and O–H groups in total. The number of hydrogen-bond donors (Lipinski definition) is 3. The molecule has 18 heavy (non-hydrogen) atoms. The Hall–Kier alpha value is -2.39. The molecule has 1 aromatic carbocycles. The lowest BCUT2D eigenvalue weighted by molar-refractivity contribution is 0.238. The van der Waals surface area contributed by atoms with Crippen LogP contribution >= 0.6 is 0 Å². The molecule has 0 aliphatic heterocycles. The predicted octanol–water partition coefficient (Wildman–Crippen LogP) is 1.58. The molecule has 0 bridgehead atoms. The van der Waals surface area contributed by atoms with Gasteiger partial charge in [-0.2, -0.15) is 0 Å². The number of urea groups is 2. The van der Waals surface area contributed by atoms with Crippen LogP contribution in [0.5, 0.6) is 0 Å². The van der Waals surface area contributed by atoms with Crippen molar-refractivity contribution in [1.29, 1.82) is 0 Å². The minimum absolute atomic E-state index is 1.27. The van der Waals surface area contributed by atoms with Crippen molar-refractivity contribution in [1.82, 2.24) is 5.32 Å². The normalized spacial score (nSPS) is 10.1. The summed E-state index contributed by atoms with van der Waals surface area (Å²) >= 11 is 0. The summed E-state index contributed by atoms with van der Waals surface area (Å²) in [6, 6.07) is -2.93. The number of carbonyl (C=O) groups excluding carboxylic acids is 2. The average molecular weight is 269 g/mol. The zero-order chi connectivity index (χ0) is 14.0. The van der Waals surface area contributed by atoms with Crippen LogP contribution in [-0.2, 0) is 0 Å². The number of primary amides is 1. The number of nitrogens with one attached hydrogen (secondary N) is 2. The second-order valence-electron chi connectivity index (χ2n) is 2.89. The number of anilines is 1. The molecule has 1 rings (SSSR count). The molecule has 0 radical (unpaired) electrons. The molecule has 0 saturated heterocycles. The summed E-state index contributed by atoms with van der Waals surface area (Å²) < 4.78 is 64.0. The van der Waals surface area contributed by atoms with Gasteiger partial charge in [-0.15, -0.1) is 0 Å². The highest BCUT2D eigenvalue weighted by molar-refractivity contribution is 6.00. The molecule has 0 unspecified atom stereocenters. The first-order valence-corrected chi connectivity index (χ1v) is 4.14. The molecule has 0 aliphatic carbocycles. The monoisotopic (exact) mass is 269 g/mol. The van der Waals surface area contributed by atoms with Crippen LogP contribution in [-0.4, -0.2) is 12.1 Å². The smallest absolute Gasteiger partial charge is 0.327 e. The van der Waals surface area contributed by atoms with Crippen LogP contribution in [0.2, 0.25) is 0 Å². The van der Waals surface area contributed by atoms with Crippen molar-refractivity contribution in [2.24, 2.45) is 5.73 Å². The van der Waals surface area contributed by atoms with E-state index in [1.54, 1.807) is 0 Å². The third kappa shape index (κ3) is 2.47. The fourth-order valence-corrected chi connectivity index (χ4v) is 0.971. The van der Waals surface area contributed by atoms with Crippen molar-refractivity contribution in [2.75, 3.05) is 5.32 Å². The van der Waals surface area contributed by atoms with Crippen LogP contribution in [0.3, 0.4) is 0 Å². The number of hydrogen-bond acceptors (Lipinski definition) is 2. The zero-order valence-electron chi connectivity index (χ0n) is 8.28. The summed E-state index contributed by atoms with van der Waals surface area (Å²) in [5.74, 6) is -11.3. The van der Waals surface area contributed by atoms with Crippen LogP contribution in [0.25, 0.3) is 0 Å². The van der Waals surface area contributed by atoms with Crippen LogP contribution in [0.15, 0.2) is 0 Å². The third-order valence-corrected chi connectivity index (χ3v) is 1.69. The lowest BCUT2D eigenvalue weighted by Crippen LogP contribution is -2.38. The molecule has 4 amide bonds. The molecular formula is C8H4F5N3O2. The van der Waals surface area contributed by atoms with Crippen molar-refractivity contribution < 1.29 is 31.5 Å². The van der Waals surface area contributed by atoms with Gasteiger partial charge in [-0.05, 0) is 0 Å². The summed E-state index contributed by atoms with van der Waals surface area (Å²) in [6.45, 7) is 0. The van der Waals surface area contributed by atoms with E-state index in [1.807, 2.05) is 0 Å². The summed E-state index contributed by atoms with van der Waals surface area (Å²) in [5, 5.41) is 2.59. The topological polar surface area (TPSA) is 84.2 Å². The van der Waals surface area contributed by atoms with Crippen molar-refractivity contribution in [2.45, 2.75) is 0 Å². The van der Waals surface area contributed by atoms with Gasteiger partial charge in [0.2, 0.25) is 5.82 Å². The van der Waals surface area contributed by atoms with Gasteiger partial charge in [-0.3, -0.25) is 5.32 Å². The van der Waals surface area contributed by atoms with E-state index in [1.165, 1.54) is 10.6 Å². The first-order chi connectivity index (χ1) is 8.25. The summed E-state index contributed by atoms with van der Waals surface area (Å²) in [7, 11) is 0. The van der Waals surface area contributed by atoms with Gasteiger partial charge in [-0.1, -0.05) is 0 Å². The minimum Gasteiger partial charge on any atom is -0.351 e. The molecule has 98 valence electrons. The standard InChI is InChI=1S/C8H4F5N3O2/c9-1-2(10)4(12)6(5(13)3(1)11)15-8(18)16-7(14)17/h(H4,14,15,16,17,18). The highest BCUT2D eigenvalue weighted by atomic mass is 19.2. The summed E-state index contributed by atoms with van der Waals surface area (Å²) in [4.78, 5) is 21.1. The molecular weight excluding hydrogens is 265 g/mol. The van der Waals surface area contributed by atoms with Crippen molar-refractivity contribution >= 4 is 17.7 Å². The highest BCUT2D eigenvalue weighted by Crippen LogP contribution is 2.26. The molecule has 0 atom stereocenters. The minimum atomic E-state index is -2.37. The van der Waals surface area contributed by atoms with Crippen molar-refractivity contribution in [3.8, 4) is 0 Å². The molecule has 1 aromatic rings. The number of carbonyl (C=O) groups is 2. The highest BCUT2D eigenvalue weighted by Gasteiger charge is 2.26. The predicted molar refractivity (Wildman–Crippen MR) is 48.0 cm³/mol. The molecule has 10 heteroatoms. The number of rotatable bonds is 1. The third-order valence-electron chi connectivity index (χ3n) is 1.69. The first-order valence-electron chi connectivity index (χ1n) is 4.14. The van der Waals surface area contributed by atoms with E-state index in [0.717, 1.165) is 0 Å². The van der Waals surface area contributed by atoms with Crippen LogP contribution < -0.4 is 16.4 Å². The average Bonchev–Trinajstić information content (AvgIpc) is 2.29. The van der Waals surface area contributed by atoms with E-state index < -0.39 is 46.8 Å². The zero-order valence-corrected chi connectivity index (χ0v) is 8.28. The van der Waals surface area contributed by atoms with E-state index in [-0.39, 0.29) is 0 Å². The van der Waals surface area contributed by atoms with Crippen LogP contribution in [0.4, 0.5) is 37.2 Å².